The van der Waals surface area contributed by atoms with Crippen molar-refractivity contribution in [3.8, 4) is 0 Å². The van der Waals surface area contributed by atoms with Crippen LogP contribution >= 0.6 is 0 Å². The molecule has 1 heterocycles. The first kappa shape index (κ1) is 10.6. The first-order valence-electron chi connectivity index (χ1n) is 5.57. The molecule has 2 aromatic carbocycles. The van der Waals surface area contributed by atoms with Crippen LogP contribution < -0.4 is 10.6 Å². The highest BCUT2D eigenvalue weighted by Gasteiger charge is 2.13. The predicted octanol–water partition coefficient (Wildman–Crippen LogP) is 2.57. The van der Waals surface area contributed by atoms with Crippen LogP contribution in [0, 0.1) is 0 Å². The second-order valence-electron chi connectivity index (χ2n) is 4.03. The van der Waals surface area contributed by atoms with Gasteiger partial charge in [-0.2, -0.15) is 0 Å². The number of benzene rings is 2. The van der Waals surface area contributed by atoms with E-state index in [1.54, 1.807) is 6.07 Å². The molecular weight excluding hydrogens is 228 g/mol. The Balaban J connectivity index is 2.15. The molecule has 3 rings (SSSR count). The van der Waals surface area contributed by atoms with Gasteiger partial charge in [0.15, 0.2) is 11.0 Å². The molecule has 0 radical (unpaired) electrons. The normalized spacial score (nSPS) is 10.7. The van der Waals surface area contributed by atoms with Gasteiger partial charge < -0.3 is 10.6 Å². The summed E-state index contributed by atoms with van der Waals surface area (Å²) in [5.74, 6) is 0. The number of nitrogens with two attached hydrogens (primary N) is 1. The van der Waals surface area contributed by atoms with Crippen molar-refractivity contribution in [1.29, 1.82) is 0 Å². The number of rotatable bonds is 2. The summed E-state index contributed by atoms with van der Waals surface area (Å²) in [6.07, 6.45) is 0. The number of nitrogen functional groups attached to an aromatic ring is 1. The molecule has 0 aliphatic rings. The van der Waals surface area contributed by atoms with E-state index in [4.69, 9.17) is 10.4 Å². The van der Waals surface area contributed by atoms with Crippen molar-refractivity contribution in [2.24, 2.45) is 0 Å². The van der Waals surface area contributed by atoms with Gasteiger partial charge in [0.25, 0.3) is 0 Å². The van der Waals surface area contributed by atoms with Gasteiger partial charge in [0.05, 0.1) is 11.4 Å². The maximum absolute atomic E-state index is 5.83. The summed E-state index contributed by atoms with van der Waals surface area (Å²) in [5, 5.41) is 7.74. The Morgan fingerprint density at radius 2 is 1.72 bits per heavy atom. The molecule has 0 fully saturated rings. The predicted molar refractivity (Wildman–Crippen MR) is 70.7 cm³/mol. The lowest BCUT2D eigenvalue weighted by Crippen LogP contribution is -2.10. The molecule has 0 bridgehead atoms. The molecule has 0 amide bonds. The van der Waals surface area contributed by atoms with Crippen LogP contribution in [-0.2, 0) is 0 Å². The largest absolute Gasteiger partial charge is 0.397 e. The summed E-state index contributed by atoms with van der Waals surface area (Å²) in [4.78, 5) is 2.02. The van der Waals surface area contributed by atoms with E-state index < -0.39 is 0 Å². The number of nitrogens with zero attached hydrogens (tertiary/aromatic N) is 3. The second-order valence-corrected chi connectivity index (χ2v) is 4.03. The molecule has 0 aliphatic carbocycles. The van der Waals surface area contributed by atoms with Crippen molar-refractivity contribution >= 4 is 28.1 Å². The molecule has 0 saturated carbocycles. The van der Waals surface area contributed by atoms with Crippen LogP contribution in [0.1, 0.15) is 0 Å². The van der Waals surface area contributed by atoms with E-state index in [0.29, 0.717) is 16.7 Å². The summed E-state index contributed by atoms with van der Waals surface area (Å²) in [5.41, 5.74) is 9.62. The molecule has 5 nitrogen and oxygen atoms in total. The molecule has 0 spiro atoms. The van der Waals surface area contributed by atoms with Gasteiger partial charge in [-0.25, -0.2) is 4.63 Å². The van der Waals surface area contributed by atoms with Crippen LogP contribution in [0.5, 0.6) is 0 Å². The Bertz CT molecular complexity index is 678. The molecule has 3 aromatic rings. The third kappa shape index (κ3) is 1.57. The average Bonchev–Trinajstić information content (AvgIpc) is 2.90. The summed E-state index contributed by atoms with van der Waals surface area (Å²) in [6, 6.07) is 13.7. The molecule has 0 atom stereocenters. The summed E-state index contributed by atoms with van der Waals surface area (Å²) in [7, 11) is 1.97. The van der Waals surface area contributed by atoms with Gasteiger partial charge in [-0.3, -0.25) is 0 Å². The van der Waals surface area contributed by atoms with E-state index in [1.165, 1.54) is 0 Å². The fourth-order valence-electron chi connectivity index (χ4n) is 1.93. The minimum atomic E-state index is 0.566. The maximum atomic E-state index is 5.83. The van der Waals surface area contributed by atoms with E-state index in [1.807, 2.05) is 48.3 Å². The standard InChI is InChI=1S/C13H12N4O/c1-17(9-5-3-2-4-6-9)11-8-7-10(14)12-13(11)16-18-15-12/h2-8H,14H2,1H3. The summed E-state index contributed by atoms with van der Waals surface area (Å²) >= 11 is 0. The van der Waals surface area contributed by atoms with E-state index >= 15 is 0 Å². The van der Waals surface area contributed by atoms with Gasteiger partial charge in [0.2, 0.25) is 0 Å². The lowest BCUT2D eigenvalue weighted by Gasteiger charge is -2.19. The van der Waals surface area contributed by atoms with Crippen LogP contribution in [0.15, 0.2) is 47.1 Å². The monoisotopic (exact) mass is 240 g/mol. The van der Waals surface area contributed by atoms with Crippen LogP contribution in [0.3, 0.4) is 0 Å². The number of fused-ring (bicyclic) bond motifs is 1. The lowest BCUT2D eigenvalue weighted by molar-refractivity contribution is 0.315. The van der Waals surface area contributed by atoms with Gasteiger partial charge in [-0.1, -0.05) is 18.2 Å². The Morgan fingerprint density at radius 1 is 1.00 bits per heavy atom. The maximum Gasteiger partial charge on any atom is 0.160 e. The molecule has 0 unspecified atom stereocenters. The van der Waals surface area contributed by atoms with E-state index in [-0.39, 0.29) is 0 Å². The fourth-order valence-corrected chi connectivity index (χ4v) is 1.93. The average molecular weight is 240 g/mol. The van der Waals surface area contributed by atoms with Gasteiger partial charge in [0.1, 0.15) is 0 Å². The Labute approximate surface area is 104 Å². The van der Waals surface area contributed by atoms with E-state index in [2.05, 4.69) is 10.3 Å². The van der Waals surface area contributed by atoms with Gasteiger partial charge >= 0.3 is 0 Å². The van der Waals surface area contributed by atoms with Crippen LogP contribution in [0.2, 0.25) is 0 Å². The molecule has 5 heteroatoms. The van der Waals surface area contributed by atoms with Crippen molar-refractivity contribution in [3.63, 3.8) is 0 Å². The first-order chi connectivity index (χ1) is 8.77. The lowest BCUT2D eigenvalue weighted by atomic mass is 10.2. The van der Waals surface area contributed by atoms with Crippen molar-refractivity contribution in [2.45, 2.75) is 0 Å². The van der Waals surface area contributed by atoms with Crippen LogP contribution in [0.25, 0.3) is 11.0 Å². The minimum Gasteiger partial charge on any atom is -0.397 e. The summed E-state index contributed by atoms with van der Waals surface area (Å²) < 4.78 is 4.77. The van der Waals surface area contributed by atoms with Crippen molar-refractivity contribution in [2.75, 3.05) is 17.7 Å². The van der Waals surface area contributed by atoms with Crippen molar-refractivity contribution < 1.29 is 4.63 Å². The van der Waals surface area contributed by atoms with Gasteiger partial charge in [0, 0.05) is 12.7 Å². The highest BCUT2D eigenvalue weighted by molar-refractivity contribution is 5.96. The molecule has 18 heavy (non-hydrogen) atoms. The minimum absolute atomic E-state index is 0.566. The van der Waals surface area contributed by atoms with Gasteiger partial charge in [-0.15, -0.1) is 0 Å². The molecule has 90 valence electrons. The van der Waals surface area contributed by atoms with Crippen molar-refractivity contribution in [3.05, 3.63) is 42.5 Å². The Hall–Kier alpha value is -2.56. The van der Waals surface area contributed by atoms with Crippen LogP contribution in [0.4, 0.5) is 17.1 Å². The number of anilines is 3. The van der Waals surface area contributed by atoms with E-state index in [0.717, 1.165) is 11.4 Å². The highest BCUT2D eigenvalue weighted by Crippen LogP contribution is 2.31. The number of hydrogen-bond acceptors (Lipinski definition) is 5. The Morgan fingerprint density at radius 3 is 2.50 bits per heavy atom. The quantitative estimate of drug-likeness (QED) is 0.697. The fraction of sp³-hybridized carbons (Fsp3) is 0.0769. The van der Waals surface area contributed by atoms with Crippen molar-refractivity contribution in [1.82, 2.24) is 10.3 Å². The molecule has 2 N–H and O–H groups in total. The van der Waals surface area contributed by atoms with Crippen LogP contribution in [-0.4, -0.2) is 17.4 Å². The number of para-hydroxylation sites is 1. The topological polar surface area (TPSA) is 68.2 Å². The number of aromatic nitrogens is 2. The third-order valence-corrected chi connectivity index (χ3v) is 2.93. The zero-order valence-electron chi connectivity index (χ0n) is 9.87. The highest BCUT2D eigenvalue weighted by atomic mass is 16.6. The smallest absolute Gasteiger partial charge is 0.160 e. The second kappa shape index (κ2) is 4.03. The zero-order valence-corrected chi connectivity index (χ0v) is 9.87. The molecule has 1 aromatic heterocycles. The van der Waals surface area contributed by atoms with E-state index in [9.17, 15) is 0 Å². The first-order valence-corrected chi connectivity index (χ1v) is 5.57. The molecular formula is C13H12N4O. The number of hydrogen-bond donors (Lipinski definition) is 1. The molecule has 0 aliphatic heterocycles. The third-order valence-electron chi connectivity index (χ3n) is 2.93. The SMILES string of the molecule is CN(c1ccccc1)c1ccc(N)c2nonc12. The zero-order chi connectivity index (χ0) is 12.5. The molecule has 0 saturated heterocycles. The summed E-state index contributed by atoms with van der Waals surface area (Å²) in [6.45, 7) is 0. The Kier molecular flexibility index (Phi) is 2.37. The van der Waals surface area contributed by atoms with Gasteiger partial charge in [-0.05, 0) is 34.6 Å².